The fourth-order valence-electron chi connectivity index (χ4n) is 2.57. The quantitative estimate of drug-likeness (QED) is 0.601. The van der Waals surface area contributed by atoms with Gasteiger partial charge in [0.15, 0.2) is 5.96 Å². The number of aliphatic imine (C=N–C) groups is 1. The zero-order valence-electron chi connectivity index (χ0n) is 11.8. The lowest BCUT2D eigenvalue weighted by atomic mass is 9.99. The molecule has 0 aromatic rings. The van der Waals surface area contributed by atoms with Crippen LogP contribution >= 0.6 is 0 Å². The Hall–Kier alpha value is -0.770. The molecular weight excluding hydrogens is 226 g/mol. The number of hydrogen-bond donors (Lipinski definition) is 1. The predicted molar refractivity (Wildman–Crippen MR) is 74.6 cm³/mol. The first-order chi connectivity index (χ1) is 8.65. The van der Waals surface area contributed by atoms with Gasteiger partial charge >= 0.3 is 0 Å². The SMILES string of the molecule is COCCC1(CN=C(N)N2CCC(C)CC2)CC1. The van der Waals surface area contributed by atoms with Crippen LogP contribution < -0.4 is 5.73 Å². The Morgan fingerprint density at radius 3 is 2.61 bits per heavy atom. The highest BCUT2D eigenvalue weighted by molar-refractivity contribution is 5.78. The van der Waals surface area contributed by atoms with Gasteiger partial charge in [0, 0.05) is 33.4 Å². The van der Waals surface area contributed by atoms with E-state index < -0.39 is 0 Å². The fourth-order valence-corrected chi connectivity index (χ4v) is 2.57. The van der Waals surface area contributed by atoms with Crippen LogP contribution in [0.5, 0.6) is 0 Å². The molecule has 0 aromatic heterocycles. The molecule has 0 atom stereocenters. The number of guanidine groups is 1. The van der Waals surface area contributed by atoms with Gasteiger partial charge in [-0.25, -0.2) is 0 Å². The first kappa shape index (κ1) is 13.7. The number of nitrogens with zero attached hydrogens (tertiary/aromatic N) is 2. The van der Waals surface area contributed by atoms with Gasteiger partial charge in [-0.3, -0.25) is 4.99 Å². The average Bonchev–Trinajstić information content (AvgIpc) is 3.15. The number of likely N-dealkylation sites (tertiary alicyclic amines) is 1. The molecule has 0 spiro atoms. The van der Waals surface area contributed by atoms with Gasteiger partial charge in [-0.05, 0) is 43.4 Å². The van der Waals surface area contributed by atoms with E-state index in [1.165, 1.54) is 25.7 Å². The molecular formula is C14H27N3O. The first-order valence-corrected chi connectivity index (χ1v) is 7.19. The third-order valence-electron chi connectivity index (χ3n) is 4.48. The minimum Gasteiger partial charge on any atom is -0.385 e. The third kappa shape index (κ3) is 3.61. The van der Waals surface area contributed by atoms with Gasteiger partial charge < -0.3 is 15.4 Å². The van der Waals surface area contributed by atoms with Crippen LogP contribution in [-0.2, 0) is 4.74 Å². The molecule has 1 saturated carbocycles. The minimum absolute atomic E-state index is 0.406. The largest absolute Gasteiger partial charge is 0.385 e. The smallest absolute Gasteiger partial charge is 0.191 e. The van der Waals surface area contributed by atoms with Crippen LogP contribution in [0.4, 0.5) is 0 Å². The first-order valence-electron chi connectivity index (χ1n) is 7.19. The standard InChI is InChI=1S/C14H27N3O/c1-12-3-8-17(9-4-12)13(15)16-11-14(5-6-14)7-10-18-2/h12H,3-11H2,1-2H3,(H2,15,16). The molecule has 18 heavy (non-hydrogen) atoms. The molecule has 0 unspecified atom stereocenters. The van der Waals surface area contributed by atoms with Crippen LogP contribution in [0.25, 0.3) is 0 Å². The summed E-state index contributed by atoms with van der Waals surface area (Å²) in [6, 6.07) is 0. The van der Waals surface area contributed by atoms with E-state index in [0.717, 1.165) is 44.5 Å². The fraction of sp³-hybridized carbons (Fsp3) is 0.929. The number of piperidine rings is 1. The van der Waals surface area contributed by atoms with Gasteiger partial charge in [0.2, 0.25) is 0 Å². The lowest BCUT2D eigenvalue weighted by Crippen LogP contribution is -2.42. The number of methoxy groups -OCH3 is 1. The summed E-state index contributed by atoms with van der Waals surface area (Å²) in [6.45, 7) is 6.18. The van der Waals surface area contributed by atoms with Crippen molar-refractivity contribution in [1.29, 1.82) is 0 Å². The molecule has 2 aliphatic rings. The maximum Gasteiger partial charge on any atom is 0.191 e. The third-order valence-corrected chi connectivity index (χ3v) is 4.48. The molecule has 0 bridgehead atoms. The number of rotatable bonds is 5. The Kier molecular flexibility index (Phi) is 4.49. The van der Waals surface area contributed by atoms with Gasteiger partial charge in [-0.2, -0.15) is 0 Å². The molecule has 4 heteroatoms. The van der Waals surface area contributed by atoms with Gasteiger partial charge in [-0.1, -0.05) is 6.92 Å². The lowest BCUT2D eigenvalue weighted by Gasteiger charge is -2.31. The average molecular weight is 253 g/mol. The van der Waals surface area contributed by atoms with Crippen molar-refractivity contribution in [3.8, 4) is 0 Å². The number of hydrogen-bond acceptors (Lipinski definition) is 2. The highest BCUT2D eigenvalue weighted by Gasteiger charge is 2.41. The molecule has 1 heterocycles. The topological polar surface area (TPSA) is 50.9 Å². The van der Waals surface area contributed by atoms with Gasteiger partial charge in [0.1, 0.15) is 0 Å². The van der Waals surface area contributed by atoms with Crippen LogP contribution in [0.3, 0.4) is 0 Å². The van der Waals surface area contributed by atoms with E-state index in [-0.39, 0.29) is 0 Å². The predicted octanol–water partition coefficient (Wildman–Crippen LogP) is 1.85. The Labute approximate surface area is 111 Å². The minimum atomic E-state index is 0.406. The molecule has 104 valence electrons. The second-order valence-electron chi connectivity index (χ2n) is 6.09. The Morgan fingerprint density at radius 2 is 2.06 bits per heavy atom. The van der Waals surface area contributed by atoms with E-state index in [0.29, 0.717) is 5.41 Å². The van der Waals surface area contributed by atoms with Gasteiger partial charge in [0.05, 0.1) is 0 Å². The summed E-state index contributed by atoms with van der Waals surface area (Å²) in [7, 11) is 1.77. The van der Waals surface area contributed by atoms with Crippen LogP contribution in [0.1, 0.15) is 39.0 Å². The zero-order chi connectivity index (χ0) is 13.0. The summed E-state index contributed by atoms with van der Waals surface area (Å²) in [6.07, 6.45) is 6.17. The summed E-state index contributed by atoms with van der Waals surface area (Å²) >= 11 is 0. The summed E-state index contributed by atoms with van der Waals surface area (Å²) in [5, 5.41) is 0. The van der Waals surface area contributed by atoms with Crippen molar-refractivity contribution < 1.29 is 4.74 Å². The number of nitrogens with two attached hydrogens (primary N) is 1. The lowest BCUT2D eigenvalue weighted by molar-refractivity contribution is 0.173. The molecule has 1 aliphatic carbocycles. The van der Waals surface area contributed by atoms with Crippen molar-refractivity contribution in [2.24, 2.45) is 22.1 Å². The van der Waals surface area contributed by atoms with Crippen molar-refractivity contribution in [3.63, 3.8) is 0 Å². The van der Waals surface area contributed by atoms with Crippen molar-refractivity contribution >= 4 is 5.96 Å². The molecule has 2 rings (SSSR count). The zero-order valence-corrected chi connectivity index (χ0v) is 11.8. The van der Waals surface area contributed by atoms with E-state index in [2.05, 4.69) is 16.8 Å². The second-order valence-corrected chi connectivity index (χ2v) is 6.09. The maximum absolute atomic E-state index is 6.10. The Balaban J connectivity index is 1.78. The molecule has 0 aromatic carbocycles. The van der Waals surface area contributed by atoms with E-state index in [4.69, 9.17) is 10.5 Å². The van der Waals surface area contributed by atoms with Gasteiger partial charge in [-0.15, -0.1) is 0 Å². The second kappa shape index (κ2) is 5.91. The summed E-state index contributed by atoms with van der Waals surface area (Å²) in [5.74, 6) is 1.59. The Morgan fingerprint density at radius 1 is 1.39 bits per heavy atom. The monoisotopic (exact) mass is 253 g/mol. The van der Waals surface area contributed by atoms with Crippen molar-refractivity contribution in [2.75, 3.05) is 33.4 Å². The van der Waals surface area contributed by atoms with Crippen molar-refractivity contribution in [3.05, 3.63) is 0 Å². The van der Waals surface area contributed by atoms with Gasteiger partial charge in [0.25, 0.3) is 0 Å². The van der Waals surface area contributed by atoms with Crippen molar-refractivity contribution in [2.45, 2.75) is 39.0 Å². The molecule has 4 nitrogen and oxygen atoms in total. The normalized spacial score (nSPS) is 24.3. The number of ether oxygens (including phenoxy) is 1. The highest BCUT2D eigenvalue weighted by atomic mass is 16.5. The van der Waals surface area contributed by atoms with Crippen LogP contribution in [-0.4, -0.2) is 44.2 Å². The molecule has 0 amide bonds. The summed E-state index contributed by atoms with van der Waals surface area (Å²) in [4.78, 5) is 6.87. The molecule has 1 aliphatic heterocycles. The molecule has 2 N–H and O–H groups in total. The van der Waals surface area contributed by atoms with Crippen LogP contribution in [0.15, 0.2) is 4.99 Å². The van der Waals surface area contributed by atoms with E-state index in [9.17, 15) is 0 Å². The molecule has 0 radical (unpaired) electrons. The van der Waals surface area contributed by atoms with Crippen LogP contribution in [0.2, 0.25) is 0 Å². The van der Waals surface area contributed by atoms with E-state index in [1.807, 2.05) is 0 Å². The molecule has 2 fully saturated rings. The summed E-state index contributed by atoms with van der Waals surface area (Å²) in [5.41, 5.74) is 6.51. The van der Waals surface area contributed by atoms with Crippen molar-refractivity contribution in [1.82, 2.24) is 4.90 Å². The summed E-state index contributed by atoms with van der Waals surface area (Å²) < 4.78 is 5.16. The maximum atomic E-state index is 6.10. The van der Waals surface area contributed by atoms with Crippen LogP contribution in [0, 0.1) is 11.3 Å². The van der Waals surface area contributed by atoms with E-state index >= 15 is 0 Å². The highest BCUT2D eigenvalue weighted by Crippen LogP contribution is 2.48. The van der Waals surface area contributed by atoms with E-state index in [1.54, 1.807) is 7.11 Å². The molecule has 1 saturated heterocycles. The Bertz CT molecular complexity index is 291.